The number of carbonyl (C=O) groups excluding carboxylic acids is 2. The van der Waals surface area contributed by atoms with Crippen LogP contribution in [0.25, 0.3) is 32.9 Å². The van der Waals surface area contributed by atoms with Gasteiger partial charge in [0.2, 0.25) is 0 Å². The zero-order chi connectivity index (χ0) is 35.9. The number of ether oxygens (including phenoxy) is 2. The second-order valence-corrected chi connectivity index (χ2v) is 15.4. The average molecular weight is 707 g/mol. The normalized spacial score (nSPS) is 28.3. The van der Waals surface area contributed by atoms with Crippen molar-refractivity contribution in [3.8, 4) is 29.6 Å². The smallest absolute Gasteiger partial charge is 0.319 e. The largest absolute Gasteiger partial charge is 0.461 e. The Bertz CT molecular complexity index is 2150. The molecule has 10 nitrogen and oxygen atoms in total. The molecule has 5 aliphatic heterocycles. The van der Waals surface area contributed by atoms with Crippen LogP contribution >= 0.6 is 0 Å². The first kappa shape index (κ1) is 33.0. The van der Waals surface area contributed by atoms with Crippen molar-refractivity contribution in [1.29, 1.82) is 0 Å². The maximum absolute atomic E-state index is 17.0. The van der Waals surface area contributed by atoms with Gasteiger partial charge in [-0.25, -0.2) is 8.78 Å². The number of halogens is 2. The van der Waals surface area contributed by atoms with Crippen LogP contribution < -0.4 is 9.64 Å². The fourth-order valence-electron chi connectivity index (χ4n) is 9.56. The predicted molar refractivity (Wildman–Crippen MR) is 191 cm³/mol. The average Bonchev–Trinajstić information content (AvgIpc) is 3.75. The van der Waals surface area contributed by atoms with Gasteiger partial charge in [-0.15, -0.1) is 6.42 Å². The van der Waals surface area contributed by atoms with Crippen molar-refractivity contribution in [3.63, 3.8) is 0 Å². The number of hydrogen-bond donors (Lipinski definition) is 0. The molecular formula is C40H40F2N6O4. The summed E-state index contributed by atoms with van der Waals surface area (Å²) >= 11 is 0. The summed E-state index contributed by atoms with van der Waals surface area (Å²) in [4.78, 5) is 46.3. The Morgan fingerprint density at radius 3 is 2.63 bits per heavy atom. The quantitative estimate of drug-likeness (QED) is 0.187. The molecule has 5 saturated heterocycles. The van der Waals surface area contributed by atoms with E-state index in [1.54, 1.807) is 12.3 Å². The van der Waals surface area contributed by atoms with Gasteiger partial charge in [0.05, 0.1) is 10.9 Å². The highest BCUT2D eigenvalue weighted by atomic mass is 19.1. The lowest BCUT2D eigenvalue weighted by Crippen LogP contribution is -2.63. The van der Waals surface area contributed by atoms with Crippen molar-refractivity contribution in [2.24, 2.45) is 11.8 Å². The highest BCUT2D eigenvalue weighted by Crippen LogP contribution is 2.43. The van der Waals surface area contributed by atoms with Gasteiger partial charge in [0.1, 0.15) is 35.7 Å². The standard InChI is InChI=1S/C40H40F2N6O4/c1-4-23-8-5-9-24-10-6-11-28(31(23)24)33-32(42)34-29(17-43-33)36(45-39(44-34)51-21-40-14-7-15-47(40)18-25(41)16-40)46-19-26-12-13-27(20-46)48(26)37(49)35-30(22(2)3)38(50)52-35/h1,5-6,8-11,17,22,25-27,30,35H,7,12-16,18-21H2,2-3H3/t25-,26?,27?,30+,35-,40+/m1/s1. The van der Waals surface area contributed by atoms with Crippen LogP contribution in [0.5, 0.6) is 6.01 Å². The second kappa shape index (κ2) is 12.4. The van der Waals surface area contributed by atoms with E-state index < -0.39 is 29.5 Å². The molecular weight excluding hydrogens is 666 g/mol. The molecule has 0 radical (unpaired) electrons. The number of hydrogen-bond acceptors (Lipinski definition) is 9. The first-order chi connectivity index (χ1) is 25.2. The van der Waals surface area contributed by atoms with E-state index in [0.717, 1.165) is 43.0 Å². The van der Waals surface area contributed by atoms with E-state index >= 15 is 4.39 Å². The van der Waals surface area contributed by atoms with Gasteiger partial charge in [-0.3, -0.25) is 19.5 Å². The van der Waals surface area contributed by atoms with Gasteiger partial charge in [-0.05, 0) is 49.6 Å². The van der Waals surface area contributed by atoms with Crippen molar-refractivity contribution < 1.29 is 27.8 Å². The monoisotopic (exact) mass is 706 g/mol. The van der Waals surface area contributed by atoms with Crippen LogP contribution in [0.15, 0.2) is 42.6 Å². The molecule has 2 unspecified atom stereocenters. The number of nitrogens with zero attached hydrogens (tertiary/aromatic N) is 6. The third-order valence-corrected chi connectivity index (χ3v) is 12.0. The molecule has 0 N–H and O–H groups in total. The predicted octanol–water partition coefficient (Wildman–Crippen LogP) is 5.30. The maximum Gasteiger partial charge on any atom is 0.319 e. The molecule has 268 valence electrons. The van der Waals surface area contributed by atoms with Gasteiger partial charge in [0.15, 0.2) is 11.9 Å². The fourth-order valence-corrected chi connectivity index (χ4v) is 9.56. The van der Waals surface area contributed by atoms with Gasteiger partial charge in [-0.1, -0.05) is 50.1 Å². The highest BCUT2D eigenvalue weighted by Gasteiger charge is 2.54. The van der Waals surface area contributed by atoms with E-state index in [9.17, 15) is 14.0 Å². The number of esters is 1. The Kier molecular flexibility index (Phi) is 7.84. The molecule has 52 heavy (non-hydrogen) atoms. The summed E-state index contributed by atoms with van der Waals surface area (Å²) < 4.78 is 43.4. The lowest BCUT2D eigenvalue weighted by Gasteiger charge is -2.45. The zero-order valence-electron chi connectivity index (χ0n) is 29.2. The van der Waals surface area contributed by atoms with E-state index in [1.165, 1.54) is 0 Å². The Balaban J connectivity index is 1.10. The number of fused-ring (bicyclic) bond motifs is 5. The van der Waals surface area contributed by atoms with Crippen LogP contribution in [0.4, 0.5) is 14.6 Å². The molecule has 2 aromatic heterocycles. The second-order valence-electron chi connectivity index (χ2n) is 15.4. The number of cyclic esters (lactones) is 1. The van der Waals surface area contributed by atoms with Crippen molar-refractivity contribution in [1.82, 2.24) is 24.8 Å². The van der Waals surface area contributed by atoms with E-state index in [1.807, 2.05) is 49.1 Å². The molecule has 0 spiro atoms. The van der Waals surface area contributed by atoms with Crippen LogP contribution in [-0.4, -0.2) is 99.3 Å². The number of terminal acetylenes is 1. The van der Waals surface area contributed by atoms with Gasteiger partial charge < -0.3 is 19.3 Å². The number of rotatable bonds is 7. The summed E-state index contributed by atoms with van der Waals surface area (Å²) in [5.74, 6) is 1.64. The molecule has 2 bridgehead atoms. The molecule has 9 rings (SSSR count). The van der Waals surface area contributed by atoms with E-state index in [4.69, 9.17) is 20.9 Å². The SMILES string of the molecule is C#Cc1cccc2cccc(-c3ncc4c(N5CC6CCC(C5)N6C(=O)[C@@H]5OC(=O)[C@H]5C(C)C)nc(OC[C@@]56CCCN5C[C@H](F)C6)nc4c3F)c12. The van der Waals surface area contributed by atoms with E-state index in [0.29, 0.717) is 48.4 Å². The summed E-state index contributed by atoms with van der Waals surface area (Å²) in [5, 5.41) is 2.01. The topological polar surface area (TPSA) is 101 Å². The Morgan fingerprint density at radius 1 is 1.13 bits per heavy atom. The number of anilines is 1. The Morgan fingerprint density at radius 2 is 1.90 bits per heavy atom. The number of amides is 1. The number of piperazine rings is 1. The minimum atomic E-state index is -0.926. The first-order valence-corrected chi connectivity index (χ1v) is 18.3. The summed E-state index contributed by atoms with van der Waals surface area (Å²) in [5.41, 5.74) is 0.901. The molecule has 12 heteroatoms. The minimum absolute atomic E-state index is 0.00450. The van der Waals surface area contributed by atoms with Gasteiger partial charge in [0.25, 0.3) is 5.91 Å². The van der Waals surface area contributed by atoms with Crippen LogP contribution in [0, 0.1) is 30.0 Å². The summed E-state index contributed by atoms with van der Waals surface area (Å²) in [7, 11) is 0. The van der Waals surface area contributed by atoms with Gasteiger partial charge in [-0.2, -0.15) is 9.97 Å². The molecule has 6 atom stereocenters. The van der Waals surface area contributed by atoms with Crippen molar-refractivity contribution >= 4 is 39.4 Å². The fraction of sp³-hybridized carbons (Fsp3) is 0.475. The number of aromatic nitrogens is 3. The van der Waals surface area contributed by atoms with Gasteiger partial charge in [0, 0.05) is 60.8 Å². The van der Waals surface area contributed by atoms with E-state index in [-0.39, 0.29) is 53.7 Å². The molecule has 5 fully saturated rings. The summed E-state index contributed by atoms with van der Waals surface area (Å²) in [6.07, 6.45) is 9.49. The van der Waals surface area contributed by atoms with Crippen LogP contribution in [-0.2, 0) is 14.3 Å². The third kappa shape index (κ3) is 5.11. The molecule has 0 saturated carbocycles. The Hall–Kier alpha value is -4.89. The molecule has 5 aliphatic rings. The molecule has 4 aromatic rings. The lowest BCUT2D eigenvalue weighted by atomic mass is 9.85. The number of alkyl halides is 1. The van der Waals surface area contributed by atoms with Crippen molar-refractivity contribution in [2.45, 2.75) is 75.8 Å². The Labute approximate surface area is 300 Å². The summed E-state index contributed by atoms with van der Waals surface area (Å²) in [6.45, 7) is 6.13. The minimum Gasteiger partial charge on any atom is -0.461 e. The van der Waals surface area contributed by atoms with Crippen LogP contribution in [0.2, 0.25) is 0 Å². The highest BCUT2D eigenvalue weighted by molar-refractivity contribution is 6.02. The van der Waals surface area contributed by atoms with Crippen LogP contribution in [0.1, 0.15) is 51.5 Å². The van der Waals surface area contributed by atoms with Crippen molar-refractivity contribution in [3.05, 3.63) is 54.0 Å². The number of benzene rings is 2. The molecule has 2 aromatic carbocycles. The van der Waals surface area contributed by atoms with Crippen molar-refractivity contribution in [2.75, 3.05) is 37.7 Å². The number of pyridine rings is 1. The molecule has 1 amide bonds. The van der Waals surface area contributed by atoms with Crippen LogP contribution in [0.3, 0.4) is 0 Å². The molecule has 0 aliphatic carbocycles. The maximum atomic E-state index is 17.0. The summed E-state index contributed by atoms with van der Waals surface area (Å²) in [6, 6.07) is 10.9. The van der Waals surface area contributed by atoms with E-state index in [2.05, 4.69) is 25.7 Å². The third-order valence-electron chi connectivity index (χ3n) is 12.0. The lowest BCUT2D eigenvalue weighted by molar-refractivity contribution is -0.197. The zero-order valence-corrected chi connectivity index (χ0v) is 29.2. The molecule has 7 heterocycles. The first-order valence-electron chi connectivity index (χ1n) is 18.3. The number of carbonyl (C=O) groups is 2. The van der Waals surface area contributed by atoms with Gasteiger partial charge >= 0.3 is 12.0 Å².